The smallest absolute Gasteiger partial charge is 0.0669 e. The summed E-state index contributed by atoms with van der Waals surface area (Å²) in [5.41, 5.74) is -0.939. The van der Waals surface area contributed by atoms with Gasteiger partial charge in [0.25, 0.3) is 0 Å². The fraction of sp³-hybridized carbons (Fsp3) is 1.00. The molecule has 0 radical (unpaired) electrons. The molecule has 1 saturated carbocycles. The van der Waals surface area contributed by atoms with E-state index in [4.69, 9.17) is 0 Å². The van der Waals surface area contributed by atoms with Crippen LogP contribution in [0.3, 0.4) is 0 Å². The monoisotopic (exact) mass is 158 g/mol. The van der Waals surface area contributed by atoms with Gasteiger partial charge in [0.1, 0.15) is 0 Å². The highest BCUT2D eigenvalue weighted by atomic mass is 16.3. The standard InChI is InChI=1S/C9H18O2/c1-8(2,11)9(7-10)5-3-4-6-9/h10-11H,3-7H2,1-2H3. The molecular weight excluding hydrogens is 140 g/mol. The highest BCUT2D eigenvalue weighted by Gasteiger charge is 2.45. The van der Waals surface area contributed by atoms with Crippen LogP contribution in [0.4, 0.5) is 0 Å². The second-order valence-electron chi connectivity index (χ2n) is 4.20. The molecule has 2 N–H and O–H groups in total. The summed E-state index contributed by atoms with van der Waals surface area (Å²) in [6, 6.07) is 0. The Balaban J connectivity index is 2.75. The number of aliphatic hydroxyl groups is 2. The van der Waals surface area contributed by atoms with Crippen LogP contribution in [0.1, 0.15) is 39.5 Å². The van der Waals surface area contributed by atoms with Crippen LogP contribution in [0.15, 0.2) is 0 Å². The first kappa shape index (κ1) is 9.01. The Morgan fingerprint density at radius 2 is 1.73 bits per heavy atom. The van der Waals surface area contributed by atoms with Gasteiger partial charge in [0.05, 0.1) is 12.2 Å². The molecule has 0 aromatic carbocycles. The molecule has 0 atom stereocenters. The topological polar surface area (TPSA) is 40.5 Å². The van der Waals surface area contributed by atoms with Crippen molar-refractivity contribution in [3.63, 3.8) is 0 Å². The van der Waals surface area contributed by atoms with Crippen LogP contribution in [-0.2, 0) is 0 Å². The second kappa shape index (κ2) is 2.76. The summed E-state index contributed by atoms with van der Waals surface area (Å²) >= 11 is 0. The van der Waals surface area contributed by atoms with Crippen LogP contribution in [-0.4, -0.2) is 22.4 Å². The Morgan fingerprint density at radius 1 is 1.27 bits per heavy atom. The van der Waals surface area contributed by atoms with Gasteiger partial charge in [0.2, 0.25) is 0 Å². The molecule has 0 heterocycles. The zero-order chi connectivity index (χ0) is 8.54. The zero-order valence-electron chi connectivity index (χ0n) is 7.43. The first-order chi connectivity index (χ1) is 5.02. The molecule has 66 valence electrons. The maximum atomic E-state index is 9.81. The van der Waals surface area contributed by atoms with Crippen LogP contribution in [0.2, 0.25) is 0 Å². The summed E-state index contributed by atoms with van der Waals surface area (Å²) in [7, 11) is 0. The minimum Gasteiger partial charge on any atom is -0.396 e. The predicted molar refractivity (Wildman–Crippen MR) is 44.3 cm³/mol. The molecule has 11 heavy (non-hydrogen) atoms. The van der Waals surface area contributed by atoms with E-state index in [-0.39, 0.29) is 12.0 Å². The van der Waals surface area contributed by atoms with Crippen molar-refractivity contribution in [3.05, 3.63) is 0 Å². The van der Waals surface area contributed by atoms with Crippen molar-refractivity contribution in [2.24, 2.45) is 5.41 Å². The average Bonchev–Trinajstić information content (AvgIpc) is 2.33. The third-order valence-corrected chi connectivity index (χ3v) is 3.16. The second-order valence-corrected chi connectivity index (χ2v) is 4.20. The maximum Gasteiger partial charge on any atom is 0.0669 e. The largest absolute Gasteiger partial charge is 0.396 e. The minimum absolute atomic E-state index is 0.122. The van der Waals surface area contributed by atoms with E-state index in [1.165, 1.54) is 0 Å². The molecule has 1 fully saturated rings. The van der Waals surface area contributed by atoms with Crippen molar-refractivity contribution in [2.45, 2.75) is 45.1 Å². The van der Waals surface area contributed by atoms with Crippen molar-refractivity contribution in [3.8, 4) is 0 Å². The number of aliphatic hydroxyl groups excluding tert-OH is 1. The normalized spacial score (nSPS) is 24.0. The van der Waals surface area contributed by atoms with Gasteiger partial charge < -0.3 is 10.2 Å². The lowest BCUT2D eigenvalue weighted by Gasteiger charge is -2.38. The molecule has 0 aliphatic heterocycles. The van der Waals surface area contributed by atoms with Crippen LogP contribution in [0.5, 0.6) is 0 Å². The number of rotatable bonds is 2. The van der Waals surface area contributed by atoms with Crippen LogP contribution in [0, 0.1) is 5.41 Å². The van der Waals surface area contributed by atoms with E-state index in [1.54, 1.807) is 13.8 Å². The molecule has 2 heteroatoms. The first-order valence-corrected chi connectivity index (χ1v) is 4.35. The fourth-order valence-corrected chi connectivity index (χ4v) is 2.02. The van der Waals surface area contributed by atoms with Gasteiger partial charge >= 0.3 is 0 Å². The number of hydrogen-bond acceptors (Lipinski definition) is 2. The Morgan fingerprint density at radius 3 is 1.91 bits per heavy atom. The third kappa shape index (κ3) is 1.42. The summed E-state index contributed by atoms with van der Waals surface area (Å²) in [5, 5.41) is 19.0. The van der Waals surface area contributed by atoms with Gasteiger partial charge in [-0.2, -0.15) is 0 Å². The lowest BCUT2D eigenvalue weighted by atomic mass is 9.73. The molecule has 1 aliphatic rings. The molecule has 0 saturated heterocycles. The average molecular weight is 158 g/mol. The molecule has 2 nitrogen and oxygen atoms in total. The van der Waals surface area contributed by atoms with E-state index in [0.29, 0.717) is 0 Å². The van der Waals surface area contributed by atoms with Crippen LogP contribution < -0.4 is 0 Å². The van der Waals surface area contributed by atoms with E-state index in [9.17, 15) is 10.2 Å². The summed E-state index contributed by atoms with van der Waals surface area (Å²) in [6.45, 7) is 3.72. The Bertz CT molecular complexity index is 129. The Labute approximate surface area is 68.2 Å². The van der Waals surface area contributed by atoms with Crippen molar-refractivity contribution in [1.82, 2.24) is 0 Å². The molecule has 0 aromatic rings. The molecule has 1 rings (SSSR count). The molecule has 0 unspecified atom stereocenters. The number of hydrogen-bond donors (Lipinski definition) is 2. The van der Waals surface area contributed by atoms with Crippen LogP contribution in [0.25, 0.3) is 0 Å². The zero-order valence-corrected chi connectivity index (χ0v) is 7.43. The quantitative estimate of drug-likeness (QED) is 0.636. The van der Waals surface area contributed by atoms with Crippen molar-refractivity contribution in [2.75, 3.05) is 6.61 Å². The minimum atomic E-state index is -0.724. The van der Waals surface area contributed by atoms with E-state index in [1.807, 2.05) is 0 Å². The van der Waals surface area contributed by atoms with Gasteiger partial charge in [-0.3, -0.25) is 0 Å². The van der Waals surface area contributed by atoms with Crippen LogP contribution >= 0.6 is 0 Å². The first-order valence-electron chi connectivity index (χ1n) is 4.35. The Hall–Kier alpha value is -0.0800. The van der Waals surface area contributed by atoms with Gasteiger partial charge in [0.15, 0.2) is 0 Å². The summed E-state index contributed by atoms with van der Waals surface area (Å²) in [4.78, 5) is 0. The maximum absolute atomic E-state index is 9.81. The van der Waals surface area contributed by atoms with Gasteiger partial charge in [0, 0.05) is 5.41 Å². The molecule has 0 aromatic heterocycles. The summed E-state index contributed by atoms with van der Waals surface area (Å²) < 4.78 is 0. The van der Waals surface area contributed by atoms with E-state index in [0.717, 1.165) is 25.7 Å². The third-order valence-electron chi connectivity index (χ3n) is 3.16. The van der Waals surface area contributed by atoms with Gasteiger partial charge in [-0.25, -0.2) is 0 Å². The molecular formula is C9H18O2. The SMILES string of the molecule is CC(C)(O)C1(CO)CCCC1. The molecule has 0 spiro atoms. The van der Waals surface area contributed by atoms with Crippen molar-refractivity contribution >= 4 is 0 Å². The summed E-state index contributed by atoms with van der Waals surface area (Å²) in [5.74, 6) is 0. The molecule has 0 amide bonds. The summed E-state index contributed by atoms with van der Waals surface area (Å²) in [6.07, 6.45) is 4.22. The van der Waals surface area contributed by atoms with E-state index in [2.05, 4.69) is 0 Å². The van der Waals surface area contributed by atoms with Crippen molar-refractivity contribution in [1.29, 1.82) is 0 Å². The Kier molecular flexibility index (Phi) is 2.26. The van der Waals surface area contributed by atoms with Gasteiger partial charge in [-0.05, 0) is 26.7 Å². The molecule has 1 aliphatic carbocycles. The molecule has 0 bridgehead atoms. The van der Waals surface area contributed by atoms with Gasteiger partial charge in [-0.1, -0.05) is 12.8 Å². The highest BCUT2D eigenvalue weighted by molar-refractivity contribution is 4.95. The fourth-order valence-electron chi connectivity index (χ4n) is 2.02. The van der Waals surface area contributed by atoms with Crippen molar-refractivity contribution < 1.29 is 10.2 Å². The predicted octanol–water partition coefficient (Wildman–Crippen LogP) is 1.31. The van der Waals surface area contributed by atoms with E-state index < -0.39 is 5.60 Å². The van der Waals surface area contributed by atoms with E-state index >= 15 is 0 Å². The lowest BCUT2D eigenvalue weighted by molar-refractivity contribution is -0.0804. The lowest BCUT2D eigenvalue weighted by Crippen LogP contribution is -2.44. The van der Waals surface area contributed by atoms with Gasteiger partial charge in [-0.15, -0.1) is 0 Å². The highest BCUT2D eigenvalue weighted by Crippen LogP contribution is 2.45.